The Labute approximate surface area is 175 Å². The fraction of sp³-hybridized carbons (Fsp3) is 0.500. The SMILES string of the molecule is CC(=O)N[C@@H]1CCCC(C(=O)Nc2cc3c(NC4(C)CC4)nc(C#N)cc3cn2)C1. The van der Waals surface area contributed by atoms with E-state index in [1.54, 1.807) is 12.3 Å². The molecule has 0 saturated heterocycles. The van der Waals surface area contributed by atoms with Crippen LogP contribution in [0.4, 0.5) is 11.6 Å². The molecule has 0 spiro atoms. The summed E-state index contributed by atoms with van der Waals surface area (Å²) in [6.07, 6.45) is 7.01. The van der Waals surface area contributed by atoms with E-state index >= 15 is 0 Å². The minimum atomic E-state index is -0.157. The van der Waals surface area contributed by atoms with Crippen molar-refractivity contribution in [3.05, 3.63) is 24.0 Å². The first-order valence-corrected chi connectivity index (χ1v) is 10.4. The first-order valence-electron chi connectivity index (χ1n) is 10.4. The summed E-state index contributed by atoms with van der Waals surface area (Å²) in [5, 5.41) is 20.2. The molecule has 0 radical (unpaired) electrons. The summed E-state index contributed by atoms with van der Waals surface area (Å²) < 4.78 is 0. The number of fused-ring (bicyclic) bond motifs is 1. The summed E-state index contributed by atoms with van der Waals surface area (Å²) >= 11 is 0. The monoisotopic (exact) mass is 406 g/mol. The number of amides is 2. The normalized spacial score (nSPS) is 22.0. The summed E-state index contributed by atoms with van der Waals surface area (Å²) in [6, 6.07) is 5.65. The van der Waals surface area contributed by atoms with Gasteiger partial charge in [0.1, 0.15) is 23.4 Å². The minimum Gasteiger partial charge on any atom is -0.364 e. The summed E-state index contributed by atoms with van der Waals surface area (Å²) in [5.41, 5.74) is 0.334. The van der Waals surface area contributed by atoms with Crippen LogP contribution in [0, 0.1) is 17.2 Å². The lowest BCUT2D eigenvalue weighted by Crippen LogP contribution is -2.40. The maximum absolute atomic E-state index is 12.8. The summed E-state index contributed by atoms with van der Waals surface area (Å²) in [4.78, 5) is 33.0. The molecule has 30 heavy (non-hydrogen) atoms. The number of nitrogens with zero attached hydrogens (tertiary/aromatic N) is 3. The van der Waals surface area contributed by atoms with Gasteiger partial charge in [0.25, 0.3) is 0 Å². The van der Waals surface area contributed by atoms with Crippen molar-refractivity contribution in [2.45, 2.75) is 64.0 Å². The van der Waals surface area contributed by atoms with E-state index < -0.39 is 0 Å². The van der Waals surface area contributed by atoms with E-state index in [9.17, 15) is 14.9 Å². The van der Waals surface area contributed by atoms with Gasteiger partial charge in [-0.15, -0.1) is 0 Å². The van der Waals surface area contributed by atoms with Gasteiger partial charge < -0.3 is 16.0 Å². The lowest BCUT2D eigenvalue weighted by atomic mass is 9.85. The highest BCUT2D eigenvalue weighted by atomic mass is 16.2. The zero-order valence-corrected chi connectivity index (χ0v) is 17.3. The maximum Gasteiger partial charge on any atom is 0.228 e. The van der Waals surface area contributed by atoms with E-state index in [1.165, 1.54) is 6.92 Å². The molecule has 1 unspecified atom stereocenters. The van der Waals surface area contributed by atoms with Crippen LogP contribution in [0.15, 0.2) is 18.3 Å². The lowest BCUT2D eigenvalue weighted by molar-refractivity contribution is -0.123. The third-order valence-corrected chi connectivity index (χ3v) is 5.95. The van der Waals surface area contributed by atoms with Gasteiger partial charge in [0.15, 0.2) is 0 Å². The third kappa shape index (κ3) is 4.51. The van der Waals surface area contributed by atoms with Gasteiger partial charge in [-0.05, 0) is 51.2 Å². The molecular formula is C22H26N6O2. The van der Waals surface area contributed by atoms with E-state index in [0.717, 1.165) is 42.9 Å². The van der Waals surface area contributed by atoms with Crippen molar-refractivity contribution >= 4 is 34.2 Å². The number of carbonyl (C=O) groups is 2. The van der Waals surface area contributed by atoms with Crippen molar-refractivity contribution in [3.63, 3.8) is 0 Å². The highest BCUT2D eigenvalue weighted by Gasteiger charge is 2.38. The number of nitrogens with one attached hydrogen (secondary N) is 3. The zero-order chi connectivity index (χ0) is 21.3. The Morgan fingerprint density at radius 3 is 2.77 bits per heavy atom. The molecule has 0 aliphatic heterocycles. The fourth-order valence-electron chi connectivity index (χ4n) is 4.04. The van der Waals surface area contributed by atoms with Crippen LogP contribution in [0.3, 0.4) is 0 Å². The van der Waals surface area contributed by atoms with Crippen LogP contribution in [0.5, 0.6) is 0 Å². The van der Waals surface area contributed by atoms with Gasteiger partial charge in [-0.1, -0.05) is 6.42 Å². The van der Waals surface area contributed by atoms with E-state index in [1.807, 2.05) is 6.07 Å². The lowest BCUT2D eigenvalue weighted by Gasteiger charge is -2.28. The Morgan fingerprint density at radius 2 is 2.07 bits per heavy atom. The van der Waals surface area contributed by atoms with Crippen molar-refractivity contribution in [2.75, 3.05) is 10.6 Å². The highest BCUT2D eigenvalue weighted by Crippen LogP contribution is 2.39. The van der Waals surface area contributed by atoms with Crippen LogP contribution >= 0.6 is 0 Å². The van der Waals surface area contributed by atoms with Gasteiger partial charge in [0.2, 0.25) is 11.8 Å². The van der Waals surface area contributed by atoms with Crippen molar-refractivity contribution < 1.29 is 9.59 Å². The number of pyridine rings is 2. The molecule has 0 aromatic carbocycles. The Bertz CT molecular complexity index is 1040. The van der Waals surface area contributed by atoms with E-state index in [0.29, 0.717) is 23.8 Å². The largest absolute Gasteiger partial charge is 0.364 e. The third-order valence-electron chi connectivity index (χ3n) is 5.95. The van der Waals surface area contributed by atoms with Crippen LogP contribution in [0.2, 0.25) is 0 Å². The second-order valence-electron chi connectivity index (χ2n) is 8.69. The molecule has 2 aliphatic carbocycles. The van der Waals surface area contributed by atoms with Gasteiger partial charge in [0, 0.05) is 41.4 Å². The molecule has 3 N–H and O–H groups in total. The van der Waals surface area contributed by atoms with Crippen molar-refractivity contribution in [1.82, 2.24) is 15.3 Å². The van der Waals surface area contributed by atoms with Crippen molar-refractivity contribution in [2.24, 2.45) is 5.92 Å². The molecule has 8 heteroatoms. The average molecular weight is 406 g/mol. The predicted molar refractivity (Wildman–Crippen MR) is 114 cm³/mol. The molecule has 2 aromatic rings. The van der Waals surface area contributed by atoms with Crippen LogP contribution in [-0.4, -0.2) is 33.4 Å². The number of carbonyl (C=O) groups excluding carboxylic acids is 2. The molecule has 2 aliphatic rings. The topological polar surface area (TPSA) is 120 Å². The number of aromatic nitrogens is 2. The fourth-order valence-corrected chi connectivity index (χ4v) is 4.04. The summed E-state index contributed by atoms with van der Waals surface area (Å²) in [6.45, 7) is 3.63. The number of anilines is 2. The van der Waals surface area contributed by atoms with Crippen LogP contribution in [-0.2, 0) is 9.59 Å². The Kier molecular flexibility index (Phi) is 5.29. The first kappa shape index (κ1) is 20.1. The van der Waals surface area contributed by atoms with Crippen LogP contribution in [0.1, 0.15) is 58.1 Å². The van der Waals surface area contributed by atoms with Crippen molar-refractivity contribution in [3.8, 4) is 6.07 Å². The van der Waals surface area contributed by atoms with Crippen LogP contribution < -0.4 is 16.0 Å². The maximum atomic E-state index is 12.8. The van der Waals surface area contributed by atoms with Crippen LogP contribution in [0.25, 0.3) is 10.8 Å². The Balaban J connectivity index is 1.54. The Hall–Kier alpha value is -3.21. The second kappa shape index (κ2) is 7.90. The van der Waals surface area contributed by atoms with Gasteiger partial charge in [-0.2, -0.15) is 5.26 Å². The quantitative estimate of drug-likeness (QED) is 0.702. The smallest absolute Gasteiger partial charge is 0.228 e. The molecule has 0 bridgehead atoms. The molecule has 2 aromatic heterocycles. The standard InChI is InChI=1S/C22H26N6O2/c1-13(29)25-16-5-3-4-14(8-16)21(30)27-19-10-18-15(12-24-19)9-17(11-23)26-20(18)28-22(2)6-7-22/h9-10,12,14,16H,3-8H2,1-2H3,(H,25,29)(H,26,28)(H,24,27,30)/t14?,16-/m1/s1. The minimum absolute atomic E-state index is 0.00150. The molecule has 156 valence electrons. The Morgan fingerprint density at radius 1 is 1.27 bits per heavy atom. The molecule has 2 fully saturated rings. The van der Waals surface area contributed by atoms with Gasteiger partial charge in [-0.25, -0.2) is 9.97 Å². The summed E-state index contributed by atoms with van der Waals surface area (Å²) in [7, 11) is 0. The zero-order valence-electron chi connectivity index (χ0n) is 17.3. The molecule has 2 saturated carbocycles. The molecule has 2 atom stereocenters. The molecule has 4 rings (SSSR count). The number of rotatable bonds is 5. The molecular weight excluding hydrogens is 380 g/mol. The van der Waals surface area contributed by atoms with Gasteiger partial charge in [-0.3, -0.25) is 9.59 Å². The average Bonchev–Trinajstić information content (AvgIpc) is 3.44. The molecule has 2 heterocycles. The first-order chi connectivity index (χ1) is 14.3. The van der Waals surface area contributed by atoms with E-state index in [-0.39, 0.29) is 29.3 Å². The van der Waals surface area contributed by atoms with Gasteiger partial charge >= 0.3 is 0 Å². The predicted octanol–water partition coefficient (Wildman–Crippen LogP) is 3.10. The van der Waals surface area contributed by atoms with Gasteiger partial charge in [0.05, 0.1) is 0 Å². The highest BCUT2D eigenvalue weighted by molar-refractivity contribution is 5.97. The molecule has 2 amide bonds. The summed E-state index contributed by atoms with van der Waals surface area (Å²) in [5.74, 6) is 0.804. The number of nitriles is 1. The number of hydrogen-bond donors (Lipinski definition) is 3. The molecule has 8 nitrogen and oxygen atoms in total. The van der Waals surface area contributed by atoms with E-state index in [4.69, 9.17) is 0 Å². The van der Waals surface area contributed by atoms with Crippen molar-refractivity contribution in [1.29, 1.82) is 5.26 Å². The number of hydrogen-bond acceptors (Lipinski definition) is 6. The second-order valence-corrected chi connectivity index (χ2v) is 8.69. The van der Waals surface area contributed by atoms with E-state index in [2.05, 4.69) is 38.9 Å².